The van der Waals surface area contributed by atoms with Crippen molar-refractivity contribution < 1.29 is 18.0 Å². The third kappa shape index (κ3) is 6.88. The van der Waals surface area contributed by atoms with Gasteiger partial charge in [0.25, 0.3) is 5.91 Å². The van der Waals surface area contributed by atoms with Crippen molar-refractivity contribution in [3.8, 4) is 0 Å². The number of benzene rings is 2. The Kier molecular flexibility index (Phi) is 7.65. The maximum atomic E-state index is 12.6. The largest absolute Gasteiger partial charge is 0.349 e. The molecule has 1 aliphatic heterocycles. The van der Waals surface area contributed by atoms with Crippen molar-refractivity contribution >= 4 is 27.5 Å². The molecule has 34 heavy (non-hydrogen) atoms. The van der Waals surface area contributed by atoms with Crippen molar-refractivity contribution in [3.63, 3.8) is 0 Å². The number of rotatable bonds is 9. The van der Waals surface area contributed by atoms with Gasteiger partial charge in [0.2, 0.25) is 15.9 Å². The number of likely N-dealkylation sites (tertiary alicyclic amines) is 1. The van der Waals surface area contributed by atoms with E-state index in [1.165, 1.54) is 0 Å². The number of nitrogens with one attached hydrogen (secondary N) is 3. The summed E-state index contributed by atoms with van der Waals surface area (Å²) in [5.74, 6) is -0.137. The number of piperidine rings is 1. The maximum Gasteiger partial charge on any atom is 0.251 e. The molecule has 0 radical (unpaired) electrons. The van der Waals surface area contributed by atoms with Gasteiger partial charge in [0, 0.05) is 30.4 Å². The number of nitrogens with zero attached hydrogens (tertiary/aromatic N) is 1. The first-order valence-electron chi connectivity index (χ1n) is 11.8. The number of hydrogen-bond donors (Lipinski definition) is 3. The van der Waals surface area contributed by atoms with Gasteiger partial charge in [0.1, 0.15) is 0 Å². The molecule has 2 amide bonds. The highest BCUT2D eigenvalue weighted by atomic mass is 32.2. The van der Waals surface area contributed by atoms with Crippen molar-refractivity contribution in [1.82, 2.24) is 14.9 Å². The molecule has 182 valence electrons. The topological polar surface area (TPSA) is 108 Å². The summed E-state index contributed by atoms with van der Waals surface area (Å²) in [6.45, 7) is 3.91. The molecule has 2 aliphatic rings. The Morgan fingerprint density at radius 3 is 2.56 bits per heavy atom. The highest BCUT2D eigenvalue weighted by Crippen LogP contribution is 2.20. The van der Waals surface area contributed by atoms with Crippen molar-refractivity contribution in [3.05, 3.63) is 59.7 Å². The van der Waals surface area contributed by atoms with Gasteiger partial charge in [-0.25, -0.2) is 13.1 Å². The fraction of sp³-hybridized carbons (Fsp3) is 0.440. The van der Waals surface area contributed by atoms with Crippen LogP contribution in [0.4, 0.5) is 5.69 Å². The van der Waals surface area contributed by atoms with E-state index in [1.54, 1.807) is 48.5 Å². The third-order valence-electron chi connectivity index (χ3n) is 6.18. The predicted molar refractivity (Wildman–Crippen MR) is 131 cm³/mol. The average molecular weight is 485 g/mol. The smallest absolute Gasteiger partial charge is 0.251 e. The SMILES string of the molecule is Cc1ccc(S(=O)(=O)NCC2CCCN(CC(=O)Nc3cccc(C(=O)NC4CC4)c3)C2)cc1. The first-order chi connectivity index (χ1) is 16.3. The van der Waals surface area contributed by atoms with Crippen LogP contribution in [0.15, 0.2) is 53.4 Å². The summed E-state index contributed by atoms with van der Waals surface area (Å²) in [7, 11) is -3.55. The van der Waals surface area contributed by atoms with E-state index in [4.69, 9.17) is 0 Å². The van der Waals surface area contributed by atoms with E-state index in [0.717, 1.165) is 37.8 Å². The lowest BCUT2D eigenvalue weighted by Crippen LogP contribution is -2.43. The van der Waals surface area contributed by atoms with E-state index < -0.39 is 10.0 Å². The van der Waals surface area contributed by atoms with E-state index in [0.29, 0.717) is 24.3 Å². The number of anilines is 1. The number of hydrogen-bond acceptors (Lipinski definition) is 5. The Morgan fingerprint density at radius 2 is 1.82 bits per heavy atom. The molecular formula is C25H32N4O4S. The molecule has 4 rings (SSSR count). The van der Waals surface area contributed by atoms with Crippen LogP contribution in [0.25, 0.3) is 0 Å². The Morgan fingerprint density at radius 1 is 1.06 bits per heavy atom. The van der Waals surface area contributed by atoms with E-state index in [9.17, 15) is 18.0 Å². The lowest BCUT2D eigenvalue weighted by Gasteiger charge is -2.32. The highest BCUT2D eigenvalue weighted by Gasteiger charge is 2.25. The second-order valence-corrected chi connectivity index (χ2v) is 11.1. The van der Waals surface area contributed by atoms with Crippen LogP contribution in [-0.2, 0) is 14.8 Å². The molecule has 1 saturated heterocycles. The van der Waals surface area contributed by atoms with Gasteiger partial charge in [-0.2, -0.15) is 0 Å². The zero-order chi connectivity index (χ0) is 24.1. The molecule has 0 bridgehead atoms. The number of sulfonamides is 1. The number of carbonyl (C=O) groups is 2. The number of amides is 2. The summed E-state index contributed by atoms with van der Waals surface area (Å²) >= 11 is 0. The average Bonchev–Trinajstić information content (AvgIpc) is 3.62. The van der Waals surface area contributed by atoms with Crippen molar-refractivity contribution in [2.45, 2.75) is 43.5 Å². The van der Waals surface area contributed by atoms with E-state index in [2.05, 4.69) is 15.4 Å². The van der Waals surface area contributed by atoms with Gasteiger partial charge in [0.05, 0.1) is 11.4 Å². The summed E-state index contributed by atoms with van der Waals surface area (Å²) in [6, 6.07) is 14.0. The molecule has 1 aliphatic carbocycles. The fourth-order valence-corrected chi connectivity index (χ4v) is 5.24. The summed E-state index contributed by atoms with van der Waals surface area (Å²) in [6.07, 6.45) is 3.85. The predicted octanol–water partition coefficient (Wildman–Crippen LogP) is 2.52. The standard InChI is InChI=1S/C25H32N4O4S/c1-18-7-11-23(12-8-18)34(32,33)26-15-19-4-3-13-29(16-19)17-24(30)27-22-6-2-5-20(14-22)25(31)28-21-9-10-21/h2,5-8,11-12,14,19,21,26H,3-4,9-10,13,15-17H2,1H3,(H,27,30)(H,28,31). The van der Waals surface area contributed by atoms with Crippen LogP contribution in [0, 0.1) is 12.8 Å². The van der Waals surface area contributed by atoms with Crippen LogP contribution in [0.2, 0.25) is 0 Å². The summed E-state index contributed by atoms with van der Waals surface area (Å²) in [5, 5.41) is 5.83. The van der Waals surface area contributed by atoms with Gasteiger partial charge in [-0.3, -0.25) is 14.5 Å². The number of aryl methyl sites for hydroxylation is 1. The molecule has 0 spiro atoms. The van der Waals surface area contributed by atoms with Crippen LogP contribution in [0.5, 0.6) is 0 Å². The second-order valence-electron chi connectivity index (χ2n) is 9.29. The molecule has 8 nitrogen and oxygen atoms in total. The van der Waals surface area contributed by atoms with Crippen LogP contribution < -0.4 is 15.4 Å². The van der Waals surface area contributed by atoms with Gasteiger partial charge in [-0.05, 0) is 75.4 Å². The quantitative estimate of drug-likeness (QED) is 0.507. The molecule has 9 heteroatoms. The lowest BCUT2D eigenvalue weighted by molar-refractivity contribution is -0.117. The van der Waals surface area contributed by atoms with Crippen molar-refractivity contribution in [2.24, 2.45) is 5.92 Å². The molecule has 1 atom stereocenters. The van der Waals surface area contributed by atoms with Crippen LogP contribution >= 0.6 is 0 Å². The Labute approximate surface area is 201 Å². The normalized spacial score (nSPS) is 18.9. The zero-order valence-corrected chi connectivity index (χ0v) is 20.2. The van der Waals surface area contributed by atoms with Gasteiger partial charge in [0.15, 0.2) is 0 Å². The summed E-state index contributed by atoms with van der Waals surface area (Å²) in [4.78, 5) is 27.2. The fourth-order valence-electron chi connectivity index (χ4n) is 4.13. The Hall–Kier alpha value is -2.75. The molecule has 1 unspecified atom stereocenters. The summed E-state index contributed by atoms with van der Waals surface area (Å²) in [5.41, 5.74) is 2.13. The lowest BCUT2D eigenvalue weighted by atomic mass is 9.98. The van der Waals surface area contributed by atoms with Crippen molar-refractivity contribution in [1.29, 1.82) is 0 Å². The molecule has 3 N–H and O–H groups in total. The molecule has 2 aromatic carbocycles. The van der Waals surface area contributed by atoms with E-state index in [1.807, 2.05) is 11.8 Å². The van der Waals surface area contributed by atoms with Gasteiger partial charge in [-0.15, -0.1) is 0 Å². The van der Waals surface area contributed by atoms with Crippen LogP contribution in [0.1, 0.15) is 41.6 Å². The number of carbonyl (C=O) groups excluding carboxylic acids is 2. The van der Waals surface area contributed by atoms with Gasteiger partial charge in [-0.1, -0.05) is 23.8 Å². The minimum absolute atomic E-state index is 0.120. The first-order valence-corrected chi connectivity index (χ1v) is 13.3. The maximum absolute atomic E-state index is 12.6. The first kappa shape index (κ1) is 24.4. The minimum atomic E-state index is -3.55. The minimum Gasteiger partial charge on any atom is -0.349 e. The summed E-state index contributed by atoms with van der Waals surface area (Å²) < 4.78 is 27.9. The molecule has 1 saturated carbocycles. The molecular weight excluding hydrogens is 452 g/mol. The Bertz CT molecular complexity index is 1130. The zero-order valence-electron chi connectivity index (χ0n) is 19.4. The third-order valence-corrected chi connectivity index (χ3v) is 7.62. The monoisotopic (exact) mass is 484 g/mol. The van der Waals surface area contributed by atoms with E-state index >= 15 is 0 Å². The van der Waals surface area contributed by atoms with Crippen LogP contribution in [-0.4, -0.2) is 57.4 Å². The van der Waals surface area contributed by atoms with E-state index in [-0.39, 0.29) is 35.2 Å². The highest BCUT2D eigenvalue weighted by molar-refractivity contribution is 7.89. The molecule has 2 fully saturated rings. The molecule has 2 aromatic rings. The van der Waals surface area contributed by atoms with Crippen molar-refractivity contribution in [2.75, 3.05) is 31.5 Å². The van der Waals surface area contributed by atoms with Gasteiger partial charge < -0.3 is 10.6 Å². The Balaban J connectivity index is 1.26. The van der Waals surface area contributed by atoms with Crippen LogP contribution in [0.3, 0.4) is 0 Å². The molecule has 1 heterocycles. The van der Waals surface area contributed by atoms with Gasteiger partial charge >= 0.3 is 0 Å². The molecule has 0 aromatic heterocycles. The second kappa shape index (κ2) is 10.7.